The first kappa shape index (κ1) is 34.9. The summed E-state index contributed by atoms with van der Waals surface area (Å²) in [5, 5.41) is 3.01. The highest BCUT2D eigenvalue weighted by Gasteiger charge is 2.71. The maximum atomic E-state index is 13.3. The molecule has 1 aromatic rings. The van der Waals surface area contributed by atoms with Crippen molar-refractivity contribution in [1.82, 2.24) is 5.32 Å². The van der Waals surface area contributed by atoms with Gasteiger partial charge in [-0.3, -0.25) is 4.79 Å². The van der Waals surface area contributed by atoms with Crippen LogP contribution < -0.4 is 10.1 Å². The van der Waals surface area contributed by atoms with Gasteiger partial charge in [-0.05, 0) is 94.2 Å². The first-order valence-corrected chi connectivity index (χ1v) is 19.5. The van der Waals surface area contributed by atoms with Crippen molar-refractivity contribution >= 4 is 5.91 Å². The minimum Gasteiger partial charge on any atom is -0.465 e. The van der Waals surface area contributed by atoms with Crippen LogP contribution >= 0.6 is 0 Å². The van der Waals surface area contributed by atoms with Crippen LogP contribution in [0.4, 0.5) is 0 Å². The molecule has 1 amide bonds. The molecule has 12 nitrogen and oxygen atoms in total. The molecule has 2 saturated carbocycles. The van der Waals surface area contributed by atoms with Crippen LogP contribution in [0.1, 0.15) is 103 Å². The summed E-state index contributed by atoms with van der Waals surface area (Å²) in [5.74, 6) is 0.641. The molecule has 8 heterocycles. The van der Waals surface area contributed by atoms with E-state index in [0.29, 0.717) is 42.2 Å². The van der Waals surface area contributed by atoms with Crippen molar-refractivity contribution in [3.05, 3.63) is 29.8 Å². The maximum Gasteiger partial charge on any atom is 0.251 e. The van der Waals surface area contributed by atoms with Gasteiger partial charge in [0.25, 0.3) is 5.91 Å². The van der Waals surface area contributed by atoms with E-state index in [9.17, 15) is 4.79 Å². The van der Waals surface area contributed by atoms with E-state index in [0.717, 1.165) is 51.4 Å². The lowest BCUT2D eigenvalue weighted by molar-refractivity contribution is -0.577. The number of rotatable bonds is 7. The van der Waals surface area contributed by atoms with Gasteiger partial charge in [-0.2, -0.15) is 0 Å². The van der Waals surface area contributed by atoms with Gasteiger partial charge in [0.2, 0.25) is 17.9 Å². The van der Waals surface area contributed by atoms with E-state index in [4.69, 9.17) is 48.0 Å². The minimum absolute atomic E-state index is 0.0169. The number of carbonyl (C=O) groups excluding carboxylic acids is 1. The Morgan fingerprint density at radius 1 is 0.745 bits per heavy atom. The van der Waals surface area contributed by atoms with Crippen LogP contribution in [0.3, 0.4) is 0 Å². The van der Waals surface area contributed by atoms with Gasteiger partial charge >= 0.3 is 0 Å². The summed E-state index contributed by atoms with van der Waals surface area (Å²) in [7, 11) is 0. The fourth-order valence-corrected chi connectivity index (χ4v) is 11.4. The van der Waals surface area contributed by atoms with Crippen LogP contribution in [-0.2, 0) is 43.2 Å². The highest BCUT2D eigenvalue weighted by molar-refractivity contribution is 5.94. The molecule has 1 aromatic carbocycles. The third-order valence-electron chi connectivity index (χ3n) is 14.2. The van der Waals surface area contributed by atoms with Gasteiger partial charge in [0, 0.05) is 48.6 Å². The molecule has 8 saturated heterocycles. The summed E-state index contributed by atoms with van der Waals surface area (Å²) < 4.78 is 38.8. The molecule has 0 aromatic heterocycles. The fraction of sp³-hybridized carbons (Fsp3) is 0.821. The Hall–Kier alpha value is -1.87. The number of carbonyl (C=O) groups is 1. The van der Waals surface area contributed by atoms with Gasteiger partial charge in [0.05, 0.1) is 6.61 Å². The predicted octanol–water partition coefficient (Wildman–Crippen LogP) is 6.23. The number of amides is 1. The lowest BCUT2D eigenvalue weighted by Crippen LogP contribution is -2.70. The number of ether oxygens (including phenoxy) is 6. The van der Waals surface area contributed by atoms with Crippen molar-refractivity contribution in [2.24, 2.45) is 47.3 Å². The number of hydrogen-bond acceptors (Lipinski definition) is 11. The zero-order valence-electron chi connectivity index (χ0n) is 30.8. The van der Waals surface area contributed by atoms with Gasteiger partial charge in [0.15, 0.2) is 30.1 Å². The van der Waals surface area contributed by atoms with E-state index in [1.54, 1.807) is 12.1 Å². The summed E-state index contributed by atoms with van der Waals surface area (Å²) in [4.78, 5) is 37.7. The molecule has 8 aliphatic heterocycles. The highest BCUT2D eigenvalue weighted by atomic mass is 17.3. The Balaban J connectivity index is 0.822. The van der Waals surface area contributed by atoms with Crippen molar-refractivity contribution in [3.63, 3.8) is 0 Å². The quantitative estimate of drug-likeness (QED) is 0.256. The van der Waals surface area contributed by atoms with Crippen molar-refractivity contribution in [3.8, 4) is 5.75 Å². The molecular weight excluding hydrogens is 658 g/mol. The first-order chi connectivity index (χ1) is 24.4. The Kier molecular flexibility index (Phi) is 8.61. The summed E-state index contributed by atoms with van der Waals surface area (Å²) in [6.07, 6.45) is 5.50. The van der Waals surface area contributed by atoms with Crippen molar-refractivity contribution in [1.29, 1.82) is 0 Å². The summed E-state index contributed by atoms with van der Waals surface area (Å²) in [6, 6.07) is 7.23. The normalized spacial score (nSPS) is 51.1. The van der Waals surface area contributed by atoms with E-state index in [1.807, 2.05) is 26.0 Å². The van der Waals surface area contributed by atoms with Crippen molar-refractivity contribution in [2.75, 3.05) is 13.2 Å². The highest BCUT2D eigenvalue weighted by Crippen LogP contribution is 2.62. The smallest absolute Gasteiger partial charge is 0.251 e. The molecule has 4 bridgehead atoms. The fourth-order valence-electron chi connectivity index (χ4n) is 11.4. The summed E-state index contributed by atoms with van der Waals surface area (Å²) in [6.45, 7) is 13.4. The molecule has 10 fully saturated rings. The van der Waals surface area contributed by atoms with Crippen LogP contribution in [0.5, 0.6) is 5.75 Å². The van der Waals surface area contributed by atoms with Crippen LogP contribution in [0.25, 0.3) is 0 Å². The number of benzene rings is 1. The number of fused-ring (bicyclic) bond motifs is 4. The van der Waals surface area contributed by atoms with Gasteiger partial charge < -0.3 is 33.7 Å². The monoisotopic (exact) mass is 713 g/mol. The lowest BCUT2D eigenvalue weighted by Gasteiger charge is -2.60. The van der Waals surface area contributed by atoms with Crippen LogP contribution in [0.2, 0.25) is 0 Å². The SMILES string of the molecule is C[C@@H]1CCC2[C@@H](C)[C@H](Oc3cccc(C(=O)NCCO[C@H]4O[C@@H]5O[C@@]6(C)CCC7[C@H](C)CCC([C@H]4C)[C@]75OO6)c3)O[C@@H]3O[C@@]4(C)CCC1[C@@]23OO4. The molecule has 16 atom stereocenters. The van der Waals surface area contributed by atoms with Gasteiger partial charge in [0.1, 0.15) is 5.75 Å². The van der Waals surface area contributed by atoms with Crippen LogP contribution in [0, 0.1) is 47.3 Å². The van der Waals surface area contributed by atoms with Gasteiger partial charge in [-0.1, -0.05) is 33.8 Å². The van der Waals surface area contributed by atoms with E-state index in [1.165, 1.54) is 0 Å². The predicted molar refractivity (Wildman–Crippen MR) is 179 cm³/mol. The molecule has 4 unspecified atom stereocenters. The van der Waals surface area contributed by atoms with Gasteiger partial charge in [-0.15, -0.1) is 0 Å². The van der Waals surface area contributed by atoms with Crippen LogP contribution in [-0.4, -0.2) is 67.0 Å². The number of nitrogens with one attached hydrogen (secondary N) is 1. The Bertz CT molecular complexity index is 1500. The average molecular weight is 714 g/mol. The molecule has 2 spiro atoms. The third-order valence-corrected chi connectivity index (χ3v) is 14.2. The Labute approximate surface area is 300 Å². The second-order valence-corrected chi connectivity index (χ2v) is 17.3. The summed E-state index contributed by atoms with van der Waals surface area (Å²) >= 11 is 0. The topological polar surface area (TPSA) is 121 Å². The number of hydrogen-bond donors (Lipinski definition) is 1. The zero-order chi connectivity index (χ0) is 35.3. The third kappa shape index (κ3) is 5.45. The average Bonchev–Trinajstić information content (AvgIpc) is 3.49. The molecule has 2 aliphatic carbocycles. The standard InChI is InChI=1S/C39H55NO11/c1-21-10-12-29-23(3)32(44-34-38(29)27(21)14-16-36(5,46-34)48-50-38)42-19-18-40-31(41)25-8-7-9-26(20-25)43-33-24(4)30-13-11-22(2)28-15-17-37(6)47-35(45-33)39(28,30)51-49-37/h7-9,20-24,27-30,32-35H,10-19H2,1-6H3,(H,40,41)/t21-,22-,23-,24-,27?,28?,29?,30?,32+,33-,34-,35-,36-,37-,38-,39-/m1/s1. The second-order valence-electron chi connectivity index (χ2n) is 17.3. The van der Waals surface area contributed by atoms with Crippen molar-refractivity contribution in [2.45, 2.75) is 141 Å². The molecule has 0 radical (unpaired) electrons. The van der Waals surface area contributed by atoms with E-state index in [2.05, 4.69) is 33.0 Å². The Morgan fingerprint density at radius 2 is 1.31 bits per heavy atom. The molecule has 282 valence electrons. The van der Waals surface area contributed by atoms with Crippen LogP contribution in [0.15, 0.2) is 24.3 Å². The van der Waals surface area contributed by atoms with E-state index >= 15 is 0 Å². The first-order valence-electron chi connectivity index (χ1n) is 19.5. The van der Waals surface area contributed by atoms with Gasteiger partial charge in [-0.25, -0.2) is 19.6 Å². The molecule has 51 heavy (non-hydrogen) atoms. The Morgan fingerprint density at radius 3 is 1.92 bits per heavy atom. The maximum absolute atomic E-state index is 13.3. The molecule has 11 rings (SSSR count). The second kappa shape index (κ2) is 12.6. The molecule has 12 heteroatoms. The minimum atomic E-state index is -0.851. The molecule has 1 N–H and O–H groups in total. The van der Waals surface area contributed by atoms with E-state index < -0.39 is 47.9 Å². The lowest BCUT2D eigenvalue weighted by atomic mass is 9.58. The molecule has 10 aliphatic rings. The molecular formula is C39H55NO11. The van der Waals surface area contributed by atoms with Crippen molar-refractivity contribution < 1.29 is 52.8 Å². The summed E-state index contributed by atoms with van der Waals surface area (Å²) in [5.41, 5.74) is -0.789. The largest absolute Gasteiger partial charge is 0.465 e. The van der Waals surface area contributed by atoms with E-state index in [-0.39, 0.29) is 35.5 Å². The zero-order valence-corrected chi connectivity index (χ0v) is 30.8.